The van der Waals surface area contributed by atoms with E-state index in [-0.39, 0.29) is 0 Å². The molecule has 0 aromatic carbocycles. The highest BCUT2D eigenvalue weighted by Crippen LogP contribution is 2.11. The molecule has 1 rings (SSSR count). The van der Waals surface area contributed by atoms with Gasteiger partial charge in [0.05, 0.1) is 12.7 Å². The van der Waals surface area contributed by atoms with Gasteiger partial charge >= 0.3 is 0 Å². The van der Waals surface area contributed by atoms with E-state index in [0.29, 0.717) is 6.10 Å². The number of hydrogen-bond donors (Lipinski definition) is 1. The quantitative estimate of drug-likeness (QED) is 0.628. The van der Waals surface area contributed by atoms with Gasteiger partial charge in [0, 0.05) is 26.3 Å². The first-order valence-corrected chi connectivity index (χ1v) is 6.33. The van der Waals surface area contributed by atoms with Crippen molar-refractivity contribution in [1.82, 2.24) is 5.32 Å². The van der Waals surface area contributed by atoms with Crippen molar-refractivity contribution >= 4 is 0 Å². The molecule has 0 aromatic heterocycles. The van der Waals surface area contributed by atoms with Crippen molar-refractivity contribution in [3.05, 3.63) is 0 Å². The van der Waals surface area contributed by atoms with Crippen LogP contribution >= 0.6 is 0 Å². The monoisotopic (exact) mass is 215 g/mol. The summed E-state index contributed by atoms with van der Waals surface area (Å²) in [4.78, 5) is 0. The lowest BCUT2D eigenvalue weighted by atomic mass is 10.1. The summed E-state index contributed by atoms with van der Waals surface area (Å²) < 4.78 is 11.1. The molecule has 1 aliphatic heterocycles. The van der Waals surface area contributed by atoms with E-state index in [4.69, 9.17) is 9.47 Å². The Morgan fingerprint density at radius 1 is 1.33 bits per heavy atom. The van der Waals surface area contributed by atoms with E-state index < -0.39 is 0 Å². The van der Waals surface area contributed by atoms with Gasteiger partial charge in [0.1, 0.15) is 0 Å². The van der Waals surface area contributed by atoms with Crippen LogP contribution in [0.1, 0.15) is 39.0 Å². The molecule has 3 nitrogen and oxygen atoms in total. The zero-order valence-electron chi connectivity index (χ0n) is 9.96. The highest BCUT2D eigenvalue weighted by molar-refractivity contribution is 4.65. The topological polar surface area (TPSA) is 30.5 Å². The minimum absolute atomic E-state index is 0.439. The molecule has 0 bridgehead atoms. The highest BCUT2D eigenvalue weighted by Gasteiger charge is 2.12. The van der Waals surface area contributed by atoms with Crippen molar-refractivity contribution in [3.63, 3.8) is 0 Å². The fourth-order valence-corrected chi connectivity index (χ4v) is 1.72. The van der Waals surface area contributed by atoms with Crippen molar-refractivity contribution in [1.29, 1.82) is 0 Å². The van der Waals surface area contributed by atoms with Gasteiger partial charge in [0.2, 0.25) is 0 Å². The van der Waals surface area contributed by atoms with Crippen molar-refractivity contribution in [2.45, 2.75) is 45.1 Å². The summed E-state index contributed by atoms with van der Waals surface area (Å²) in [5.74, 6) is 0. The molecule has 0 radical (unpaired) electrons. The molecular formula is C12H25NO2. The maximum atomic E-state index is 5.62. The van der Waals surface area contributed by atoms with Gasteiger partial charge in [-0.3, -0.25) is 0 Å². The van der Waals surface area contributed by atoms with E-state index >= 15 is 0 Å². The number of ether oxygens (including phenoxy) is 2. The average Bonchev–Trinajstić information content (AvgIpc) is 2.29. The van der Waals surface area contributed by atoms with Crippen LogP contribution in [0.25, 0.3) is 0 Å². The molecule has 1 heterocycles. The second-order valence-electron chi connectivity index (χ2n) is 4.16. The lowest BCUT2D eigenvalue weighted by Crippen LogP contribution is -2.33. The molecule has 1 N–H and O–H groups in total. The van der Waals surface area contributed by atoms with Crippen LogP contribution in [0.4, 0.5) is 0 Å². The van der Waals surface area contributed by atoms with E-state index in [1.54, 1.807) is 0 Å². The molecule has 15 heavy (non-hydrogen) atoms. The Hall–Kier alpha value is -0.120. The predicted molar refractivity (Wildman–Crippen MR) is 62.2 cm³/mol. The summed E-state index contributed by atoms with van der Waals surface area (Å²) in [6.07, 6.45) is 6.59. The van der Waals surface area contributed by atoms with Crippen LogP contribution in [0.2, 0.25) is 0 Å². The Labute approximate surface area is 93.5 Å². The third-order valence-corrected chi connectivity index (χ3v) is 2.71. The van der Waals surface area contributed by atoms with Gasteiger partial charge in [-0.15, -0.1) is 0 Å². The molecule has 3 heteroatoms. The van der Waals surface area contributed by atoms with E-state index in [1.165, 1.54) is 32.1 Å². The van der Waals surface area contributed by atoms with Gasteiger partial charge in [0.25, 0.3) is 0 Å². The Morgan fingerprint density at radius 3 is 3.00 bits per heavy atom. The Kier molecular flexibility index (Phi) is 7.88. The van der Waals surface area contributed by atoms with E-state index in [0.717, 1.165) is 32.9 Å². The maximum Gasteiger partial charge on any atom is 0.0699 e. The first-order valence-electron chi connectivity index (χ1n) is 6.33. The number of hydrogen-bond acceptors (Lipinski definition) is 3. The normalized spacial score (nSPS) is 21.8. The SMILES string of the molecule is CCCCOCCNCC1CCCCO1. The molecule has 0 aromatic rings. The van der Waals surface area contributed by atoms with Crippen LogP contribution in [0.3, 0.4) is 0 Å². The van der Waals surface area contributed by atoms with Crippen LogP contribution in [-0.4, -0.2) is 39.0 Å². The van der Waals surface area contributed by atoms with Crippen molar-refractivity contribution in [2.75, 3.05) is 32.9 Å². The van der Waals surface area contributed by atoms with Crippen LogP contribution in [0.5, 0.6) is 0 Å². The van der Waals surface area contributed by atoms with Crippen molar-refractivity contribution in [3.8, 4) is 0 Å². The Balaban J connectivity index is 1.79. The van der Waals surface area contributed by atoms with Gasteiger partial charge in [-0.25, -0.2) is 0 Å². The molecule has 1 unspecified atom stereocenters. The summed E-state index contributed by atoms with van der Waals surface area (Å²) in [6, 6.07) is 0. The molecule has 0 saturated carbocycles. The Morgan fingerprint density at radius 2 is 2.27 bits per heavy atom. The zero-order chi connectivity index (χ0) is 10.8. The smallest absolute Gasteiger partial charge is 0.0699 e. The zero-order valence-corrected chi connectivity index (χ0v) is 9.96. The van der Waals surface area contributed by atoms with Gasteiger partial charge in [-0.2, -0.15) is 0 Å². The largest absolute Gasteiger partial charge is 0.380 e. The molecule has 0 spiro atoms. The molecule has 1 fully saturated rings. The maximum absolute atomic E-state index is 5.62. The summed E-state index contributed by atoms with van der Waals surface area (Å²) in [5, 5.41) is 3.38. The Bertz CT molecular complexity index is 136. The summed E-state index contributed by atoms with van der Waals surface area (Å²) in [6.45, 7) is 6.78. The summed E-state index contributed by atoms with van der Waals surface area (Å²) in [7, 11) is 0. The van der Waals surface area contributed by atoms with Gasteiger partial charge in [-0.05, 0) is 25.7 Å². The first kappa shape index (κ1) is 12.9. The van der Waals surface area contributed by atoms with Crippen LogP contribution in [-0.2, 0) is 9.47 Å². The average molecular weight is 215 g/mol. The standard InChI is InChI=1S/C12H25NO2/c1-2-3-8-14-10-7-13-11-12-6-4-5-9-15-12/h12-13H,2-11H2,1H3. The summed E-state index contributed by atoms with van der Waals surface area (Å²) in [5.41, 5.74) is 0. The minimum Gasteiger partial charge on any atom is -0.380 e. The highest BCUT2D eigenvalue weighted by atomic mass is 16.5. The molecule has 0 amide bonds. The fourth-order valence-electron chi connectivity index (χ4n) is 1.72. The molecule has 1 atom stereocenters. The van der Waals surface area contributed by atoms with Crippen molar-refractivity contribution < 1.29 is 9.47 Å². The van der Waals surface area contributed by atoms with Gasteiger partial charge in [0.15, 0.2) is 0 Å². The first-order chi connectivity index (χ1) is 7.43. The molecule has 1 aliphatic rings. The van der Waals surface area contributed by atoms with Gasteiger partial charge < -0.3 is 14.8 Å². The number of nitrogens with one attached hydrogen (secondary N) is 1. The molecule has 1 saturated heterocycles. The number of rotatable bonds is 8. The molecule has 90 valence electrons. The fraction of sp³-hybridized carbons (Fsp3) is 1.00. The second kappa shape index (κ2) is 9.13. The number of unbranched alkanes of at least 4 members (excludes halogenated alkanes) is 1. The lowest BCUT2D eigenvalue weighted by molar-refractivity contribution is 0.0157. The van der Waals surface area contributed by atoms with E-state index in [9.17, 15) is 0 Å². The predicted octanol–water partition coefficient (Wildman–Crippen LogP) is 1.96. The van der Waals surface area contributed by atoms with E-state index in [2.05, 4.69) is 12.2 Å². The third-order valence-electron chi connectivity index (χ3n) is 2.71. The summed E-state index contributed by atoms with van der Waals surface area (Å²) >= 11 is 0. The van der Waals surface area contributed by atoms with Gasteiger partial charge in [-0.1, -0.05) is 13.3 Å². The second-order valence-corrected chi connectivity index (χ2v) is 4.16. The van der Waals surface area contributed by atoms with Crippen molar-refractivity contribution in [2.24, 2.45) is 0 Å². The van der Waals surface area contributed by atoms with Crippen LogP contribution in [0, 0.1) is 0 Å². The van der Waals surface area contributed by atoms with Crippen LogP contribution < -0.4 is 5.32 Å². The molecule has 0 aliphatic carbocycles. The lowest BCUT2D eigenvalue weighted by Gasteiger charge is -2.22. The third kappa shape index (κ3) is 6.88. The minimum atomic E-state index is 0.439. The van der Waals surface area contributed by atoms with E-state index in [1.807, 2.05) is 0 Å². The molecular weight excluding hydrogens is 190 g/mol. The van der Waals surface area contributed by atoms with Crippen LogP contribution in [0.15, 0.2) is 0 Å².